The minimum Gasteiger partial charge on any atom is -0.326 e. The van der Waals surface area contributed by atoms with Crippen LogP contribution in [-0.2, 0) is 39.5 Å². The first-order valence-corrected chi connectivity index (χ1v) is 14.8. The van der Waals surface area contributed by atoms with E-state index in [9.17, 15) is 13.2 Å². The Labute approximate surface area is 232 Å². The zero-order valence-corrected chi connectivity index (χ0v) is 24.6. The molecule has 2 aromatic heterocycles. The van der Waals surface area contributed by atoms with E-state index >= 15 is 0 Å². The second kappa shape index (κ2) is 12.5. The van der Waals surface area contributed by atoms with E-state index < -0.39 is 10.0 Å². The van der Waals surface area contributed by atoms with Gasteiger partial charge in [0.1, 0.15) is 11.6 Å². The summed E-state index contributed by atoms with van der Waals surface area (Å²) in [6.07, 6.45) is 7.43. The van der Waals surface area contributed by atoms with Crippen LogP contribution in [0.15, 0.2) is 60.9 Å². The molecule has 9 heteroatoms. The topological polar surface area (TPSA) is 105 Å². The minimum atomic E-state index is -3.44. The summed E-state index contributed by atoms with van der Waals surface area (Å²) in [5, 5.41) is 2.95. The second-order valence-corrected chi connectivity index (χ2v) is 13.0. The number of carbonyl (C=O) groups is 1. The number of aromatic nitrogens is 3. The van der Waals surface area contributed by atoms with Crippen LogP contribution in [0.4, 0.5) is 11.5 Å². The highest BCUT2D eigenvalue weighted by Gasteiger charge is 2.22. The molecule has 39 heavy (non-hydrogen) atoms. The van der Waals surface area contributed by atoms with Gasteiger partial charge in [0.15, 0.2) is 0 Å². The number of hydrogen-bond acceptors (Lipinski definition) is 6. The summed E-state index contributed by atoms with van der Waals surface area (Å²) in [6, 6.07) is 11.4. The van der Waals surface area contributed by atoms with Crippen molar-refractivity contribution >= 4 is 27.4 Å². The Kier molecular flexibility index (Phi) is 9.61. The molecule has 0 spiro atoms. The van der Waals surface area contributed by atoms with Gasteiger partial charge in [-0.25, -0.2) is 23.4 Å². The molecule has 1 aromatic carbocycles. The van der Waals surface area contributed by atoms with Crippen LogP contribution in [0.1, 0.15) is 68.7 Å². The molecular formula is C30H39N5O3S. The molecule has 2 heterocycles. The van der Waals surface area contributed by atoms with Gasteiger partial charge in [0.2, 0.25) is 15.9 Å². The number of nitrogens with zero attached hydrogens (tertiary/aromatic N) is 4. The number of amides is 1. The predicted octanol–water partition coefficient (Wildman–Crippen LogP) is 5.24. The lowest BCUT2D eigenvalue weighted by atomic mass is 9.85. The highest BCUT2D eigenvalue weighted by molar-refractivity contribution is 7.92. The van der Waals surface area contributed by atoms with E-state index in [1.807, 2.05) is 49.5 Å². The zero-order chi connectivity index (χ0) is 28.8. The Morgan fingerprint density at radius 3 is 2.49 bits per heavy atom. The first kappa shape index (κ1) is 30.0. The van der Waals surface area contributed by atoms with Crippen LogP contribution in [0.2, 0.25) is 0 Å². The quantitative estimate of drug-likeness (QED) is 0.328. The van der Waals surface area contributed by atoms with Gasteiger partial charge >= 0.3 is 0 Å². The van der Waals surface area contributed by atoms with E-state index in [4.69, 9.17) is 4.98 Å². The highest BCUT2D eigenvalue weighted by Crippen LogP contribution is 2.27. The van der Waals surface area contributed by atoms with Crippen LogP contribution in [0.3, 0.4) is 0 Å². The molecule has 0 saturated carbocycles. The summed E-state index contributed by atoms with van der Waals surface area (Å²) < 4.78 is 25.5. The van der Waals surface area contributed by atoms with Gasteiger partial charge in [-0.2, -0.15) is 0 Å². The van der Waals surface area contributed by atoms with Crippen molar-refractivity contribution in [2.45, 2.75) is 65.2 Å². The minimum absolute atomic E-state index is 0.0421. The van der Waals surface area contributed by atoms with Gasteiger partial charge in [0.05, 0.1) is 6.26 Å². The van der Waals surface area contributed by atoms with E-state index in [1.54, 1.807) is 6.20 Å². The van der Waals surface area contributed by atoms with Crippen LogP contribution < -0.4 is 9.62 Å². The van der Waals surface area contributed by atoms with Gasteiger partial charge in [0, 0.05) is 43.7 Å². The van der Waals surface area contributed by atoms with Gasteiger partial charge < -0.3 is 5.32 Å². The van der Waals surface area contributed by atoms with Gasteiger partial charge in [-0.1, -0.05) is 44.5 Å². The molecule has 0 radical (unpaired) electrons. The monoisotopic (exact) mass is 549 g/mol. The highest BCUT2D eigenvalue weighted by atomic mass is 32.2. The Hall–Kier alpha value is -3.59. The first-order chi connectivity index (χ1) is 18.2. The van der Waals surface area contributed by atoms with E-state index in [-0.39, 0.29) is 11.3 Å². The smallest absolute Gasteiger partial charge is 0.233 e. The van der Waals surface area contributed by atoms with E-state index in [2.05, 4.69) is 42.6 Å². The first-order valence-electron chi connectivity index (χ1n) is 13.0. The fourth-order valence-corrected chi connectivity index (χ4v) is 4.65. The lowest BCUT2D eigenvalue weighted by Crippen LogP contribution is -2.27. The summed E-state index contributed by atoms with van der Waals surface area (Å²) >= 11 is 0. The standard InChI is InChI=1S/C30H39N5O3S/c1-21(2)13-16-28(36)33-24-12-8-10-22(18-24)19-27-32-20-25(30(3,4)5)26(34-27)15-14-23-11-9-17-31-29(23)35(6)39(7,37)38/h8-12,17-18,20H,1,13-16,19H2,2-7H3,(H,33,36). The fraction of sp³-hybridized carbons (Fsp3) is 0.400. The van der Waals surface area contributed by atoms with E-state index in [0.29, 0.717) is 43.7 Å². The Balaban J connectivity index is 1.83. The van der Waals surface area contributed by atoms with Crippen molar-refractivity contribution in [3.05, 3.63) is 89.2 Å². The van der Waals surface area contributed by atoms with Crippen LogP contribution in [-0.4, -0.2) is 42.6 Å². The molecule has 208 valence electrons. The molecule has 1 amide bonds. The Morgan fingerprint density at radius 2 is 1.82 bits per heavy atom. The maximum atomic E-state index is 12.3. The Morgan fingerprint density at radius 1 is 1.08 bits per heavy atom. The third-order valence-corrected chi connectivity index (χ3v) is 7.54. The number of hydrogen-bond donors (Lipinski definition) is 1. The number of rotatable bonds is 11. The number of pyridine rings is 1. The largest absolute Gasteiger partial charge is 0.326 e. The number of nitrogens with one attached hydrogen (secondary N) is 1. The lowest BCUT2D eigenvalue weighted by Gasteiger charge is -2.23. The Bertz CT molecular complexity index is 1440. The van der Waals surface area contributed by atoms with Gasteiger partial charge in [-0.05, 0) is 66.5 Å². The van der Waals surface area contributed by atoms with Gasteiger partial charge in [-0.15, -0.1) is 6.58 Å². The molecule has 8 nitrogen and oxygen atoms in total. The summed E-state index contributed by atoms with van der Waals surface area (Å²) in [6.45, 7) is 12.1. The lowest BCUT2D eigenvalue weighted by molar-refractivity contribution is -0.116. The molecule has 0 atom stereocenters. The average Bonchev–Trinajstić information content (AvgIpc) is 2.85. The molecule has 0 fully saturated rings. The normalized spacial score (nSPS) is 11.7. The zero-order valence-electron chi connectivity index (χ0n) is 23.8. The third-order valence-electron chi connectivity index (χ3n) is 6.37. The average molecular weight is 550 g/mol. The number of carbonyl (C=O) groups excluding carboxylic acids is 1. The maximum Gasteiger partial charge on any atom is 0.233 e. The van der Waals surface area contributed by atoms with Crippen molar-refractivity contribution in [3.8, 4) is 0 Å². The van der Waals surface area contributed by atoms with Gasteiger partial charge in [0.25, 0.3) is 0 Å². The number of aryl methyl sites for hydroxylation is 2. The van der Waals surface area contributed by atoms with Crippen molar-refractivity contribution < 1.29 is 13.2 Å². The summed E-state index contributed by atoms with van der Waals surface area (Å²) in [7, 11) is -1.92. The predicted molar refractivity (Wildman–Crippen MR) is 158 cm³/mol. The molecule has 0 aliphatic rings. The van der Waals surface area contributed by atoms with Crippen molar-refractivity contribution in [1.82, 2.24) is 15.0 Å². The van der Waals surface area contributed by atoms with Crippen LogP contribution in [0.5, 0.6) is 0 Å². The summed E-state index contributed by atoms with van der Waals surface area (Å²) in [4.78, 5) is 26.2. The summed E-state index contributed by atoms with van der Waals surface area (Å²) in [5.41, 5.74) is 5.35. The van der Waals surface area contributed by atoms with Crippen molar-refractivity contribution in [2.75, 3.05) is 22.9 Å². The van der Waals surface area contributed by atoms with E-state index in [0.717, 1.165) is 33.6 Å². The summed E-state index contributed by atoms with van der Waals surface area (Å²) in [5.74, 6) is 1.07. The molecular weight excluding hydrogens is 510 g/mol. The molecule has 0 aliphatic carbocycles. The van der Waals surface area contributed by atoms with Crippen LogP contribution >= 0.6 is 0 Å². The number of sulfonamides is 1. The number of anilines is 2. The molecule has 0 unspecified atom stereocenters. The van der Waals surface area contributed by atoms with E-state index in [1.165, 1.54) is 17.6 Å². The number of benzene rings is 1. The third kappa shape index (κ3) is 8.71. The van der Waals surface area contributed by atoms with Gasteiger partial charge in [-0.3, -0.25) is 9.10 Å². The molecule has 3 rings (SSSR count). The SMILES string of the molecule is C=C(C)CCC(=O)Nc1cccc(Cc2ncc(C(C)(C)C)c(CCc3cccnc3N(C)S(C)(=O)=O)n2)c1. The molecule has 0 saturated heterocycles. The maximum absolute atomic E-state index is 12.3. The van der Waals surface area contributed by atoms with Crippen molar-refractivity contribution in [3.63, 3.8) is 0 Å². The van der Waals surface area contributed by atoms with Crippen LogP contribution in [0.25, 0.3) is 0 Å². The van der Waals surface area contributed by atoms with Crippen molar-refractivity contribution in [1.29, 1.82) is 0 Å². The second-order valence-electron chi connectivity index (χ2n) is 11.0. The molecule has 3 aromatic rings. The van der Waals surface area contributed by atoms with Crippen LogP contribution in [0, 0.1) is 0 Å². The number of allylic oxidation sites excluding steroid dienone is 1. The molecule has 0 bridgehead atoms. The van der Waals surface area contributed by atoms with Crippen molar-refractivity contribution in [2.24, 2.45) is 0 Å². The molecule has 1 N–H and O–H groups in total. The fourth-order valence-electron chi connectivity index (χ4n) is 4.17. The molecule has 0 aliphatic heterocycles.